The topological polar surface area (TPSA) is 49.4 Å². The van der Waals surface area contributed by atoms with Gasteiger partial charge in [-0.05, 0) is 45.6 Å². The van der Waals surface area contributed by atoms with E-state index >= 15 is 0 Å². The maximum atomic E-state index is 12.6. The summed E-state index contributed by atoms with van der Waals surface area (Å²) in [6, 6.07) is 0.690. The van der Waals surface area contributed by atoms with Crippen LogP contribution in [0.15, 0.2) is 0 Å². The van der Waals surface area contributed by atoms with Crippen molar-refractivity contribution in [2.45, 2.75) is 70.9 Å². The second-order valence-electron chi connectivity index (χ2n) is 6.03. The van der Waals surface area contributed by atoms with Gasteiger partial charge in [0, 0.05) is 18.5 Å². The first-order valence-corrected chi connectivity index (χ1v) is 7.61. The molecular weight excluding hydrogens is 240 g/mol. The number of nitrogens with zero attached hydrogens (tertiary/aromatic N) is 1. The summed E-state index contributed by atoms with van der Waals surface area (Å²) in [5.74, 6) is 0.150. The van der Waals surface area contributed by atoms with Crippen LogP contribution in [0.1, 0.15) is 58.8 Å². The molecule has 2 fully saturated rings. The van der Waals surface area contributed by atoms with Gasteiger partial charge in [0.25, 0.3) is 0 Å². The highest BCUT2D eigenvalue weighted by Crippen LogP contribution is 2.41. The molecule has 0 bridgehead atoms. The maximum absolute atomic E-state index is 12.6. The lowest BCUT2D eigenvalue weighted by molar-refractivity contribution is -0.145. The van der Waals surface area contributed by atoms with Crippen LogP contribution in [0, 0.1) is 5.41 Å². The molecule has 4 nitrogen and oxygen atoms in total. The van der Waals surface area contributed by atoms with Crippen LogP contribution in [0.4, 0.5) is 0 Å². The van der Waals surface area contributed by atoms with Gasteiger partial charge < -0.3 is 5.32 Å². The number of carbonyl (C=O) groups is 2. The van der Waals surface area contributed by atoms with E-state index in [1.165, 1.54) is 0 Å². The SMILES string of the molecule is CCC1(CC)CC(=O)N(C2CCC(NC)CC2)C1=O. The Morgan fingerprint density at radius 2 is 1.74 bits per heavy atom. The summed E-state index contributed by atoms with van der Waals surface area (Å²) >= 11 is 0. The van der Waals surface area contributed by atoms with Gasteiger partial charge >= 0.3 is 0 Å². The Morgan fingerprint density at radius 1 is 1.16 bits per heavy atom. The van der Waals surface area contributed by atoms with Gasteiger partial charge in [0.05, 0.1) is 5.41 Å². The molecule has 19 heavy (non-hydrogen) atoms. The Kier molecular flexibility index (Phi) is 4.29. The fourth-order valence-electron chi connectivity index (χ4n) is 3.61. The molecule has 2 amide bonds. The van der Waals surface area contributed by atoms with Crippen LogP contribution >= 0.6 is 0 Å². The summed E-state index contributed by atoms with van der Waals surface area (Å²) in [4.78, 5) is 26.5. The van der Waals surface area contributed by atoms with E-state index in [1.807, 2.05) is 20.9 Å². The van der Waals surface area contributed by atoms with Crippen LogP contribution in [0.5, 0.6) is 0 Å². The van der Waals surface area contributed by atoms with E-state index in [1.54, 1.807) is 4.90 Å². The Balaban J connectivity index is 2.09. The Hall–Kier alpha value is -0.900. The lowest BCUT2D eigenvalue weighted by Crippen LogP contribution is -2.46. The third kappa shape index (κ3) is 2.42. The Morgan fingerprint density at radius 3 is 2.16 bits per heavy atom. The summed E-state index contributed by atoms with van der Waals surface area (Å²) in [7, 11) is 1.98. The van der Waals surface area contributed by atoms with E-state index in [4.69, 9.17) is 0 Å². The molecule has 0 spiro atoms. The van der Waals surface area contributed by atoms with Gasteiger partial charge in [-0.15, -0.1) is 0 Å². The van der Waals surface area contributed by atoms with Crippen molar-refractivity contribution in [2.75, 3.05) is 7.05 Å². The van der Waals surface area contributed by atoms with E-state index < -0.39 is 5.41 Å². The lowest BCUT2D eigenvalue weighted by atomic mass is 9.80. The number of hydrogen-bond donors (Lipinski definition) is 1. The van der Waals surface area contributed by atoms with Gasteiger partial charge in [-0.1, -0.05) is 13.8 Å². The molecule has 108 valence electrons. The lowest BCUT2D eigenvalue weighted by Gasteiger charge is -2.34. The summed E-state index contributed by atoms with van der Waals surface area (Å²) in [6.07, 6.45) is 5.99. The first-order chi connectivity index (χ1) is 9.07. The van der Waals surface area contributed by atoms with Crippen molar-refractivity contribution in [1.82, 2.24) is 10.2 Å². The second-order valence-corrected chi connectivity index (χ2v) is 6.03. The summed E-state index contributed by atoms with van der Waals surface area (Å²) < 4.78 is 0. The third-order valence-corrected chi connectivity index (χ3v) is 5.25. The number of amides is 2. The monoisotopic (exact) mass is 266 g/mol. The largest absolute Gasteiger partial charge is 0.317 e. The molecule has 1 aliphatic carbocycles. The fraction of sp³-hybridized carbons (Fsp3) is 0.867. The first-order valence-electron chi connectivity index (χ1n) is 7.61. The highest BCUT2D eigenvalue weighted by Gasteiger charge is 2.51. The van der Waals surface area contributed by atoms with Crippen LogP contribution in [0.2, 0.25) is 0 Å². The normalized spacial score (nSPS) is 31.0. The van der Waals surface area contributed by atoms with Crippen molar-refractivity contribution in [2.24, 2.45) is 5.41 Å². The number of imide groups is 1. The Labute approximate surface area is 115 Å². The Bertz CT molecular complexity index is 355. The average Bonchev–Trinajstić information content (AvgIpc) is 2.70. The molecule has 0 radical (unpaired) electrons. The highest BCUT2D eigenvalue weighted by atomic mass is 16.2. The molecule has 1 saturated carbocycles. The highest BCUT2D eigenvalue weighted by molar-refractivity contribution is 6.06. The van der Waals surface area contributed by atoms with Crippen LogP contribution in [0.25, 0.3) is 0 Å². The van der Waals surface area contributed by atoms with Gasteiger partial charge in [-0.2, -0.15) is 0 Å². The average molecular weight is 266 g/mol. The van der Waals surface area contributed by atoms with E-state index in [0.717, 1.165) is 38.5 Å². The van der Waals surface area contributed by atoms with Crippen LogP contribution in [-0.4, -0.2) is 35.8 Å². The predicted octanol–water partition coefficient (Wildman–Crippen LogP) is 2.08. The van der Waals surface area contributed by atoms with E-state index in [0.29, 0.717) is 12.5 Å². The minimum Gasteiger partial charge on any atom is -0.317 e. The molecule has 4 heteroatoms. The minimum atomic E-state index is -0.406. The molecular formula is C15H26N2O2. The molecule has 0 aromatic heterocycles. The molecule has 0 aromatic carbocycles. The standard InChI is InChI=1S/C15H26N2O2/c1-4-15(5-2)10-13(18)17(14(15)19)12-8-6-11(16-3)7-9-12/h11-12,16H,4-10H2,1-3H3. The predicted molar refractivity (Wildman–Crippen MR) is 74.6 cm³/mol. The van der Waals surface area contributed by atoms with Gasteiger partial charge in [0.2, 0.25) is 11.8 Å². The van der Waals surface area contributed by atoms with Crippen molar-refractivity contribution in [3.8, 4) is 0 Å². The van der Waals surface area contributed by atoms with Gasteiger partial charge in [0.1, 0.15) is 0 Å². The second kappa shape index (κ2) is 5.61. The molecule has 1 saturated heterocycles. The number of carbonyl (C=O) groups excluding carboxylic acids is 2. The number of hydrogen-bond acceptors (Lipinski definition) is 3. The summed E-state index contributed by atoms with van der Waals surface area (Å²) in [6.45, 7) is 4.05. The molecule has 0 unspecified atom stereocenters. The summed E-state index contributed by atoms with van der Waals surface area (Å²) in [5, 5.41) is 3.29. The van der Waals surface area contributed by atoms with Gasteiger partial charge in [-0.3, -0.25) is 14.5 Å². The van der Waals surface area contributed by atoms with E-state index in [9.17, 15) is 9.59 Å². The molecule has 1 aliphatic heterocycles. The van der Waals surface area contributed by atoms with Crippen molar-refractivity contribution in [3.63, 3.8) is 0 Å². The van der Waals surface area contributed by atoms with Crippen LogP contribution < -0.4 is 5.32 Å². The zero-order chi connectivity index (χ0) is 14.0. The molecule has 2 rings (SSSR count). The zero-order valence-corrected chi connectivity index (χ0v) is 12.4. The van der Waals surface area contributed by atoms with Gasteiger partial charge in [0.15, 0.2) is 0 Å². The minimum absolute atomic E-state index is 0.0570. The quantitative estimate of drug-likeness (QED) is 0.793. The molecule has 0 atom stereocenters. The van der Waals surface area contributed by atoms with E-state index in [-0.39, 0.29) is 17.9 Å². The van der Waals surface area contributed by atoms with Crippen molar-refractivity contribution >= 4 is 11.8 Å². The zero-order valence-electron chi connectivity index (χ0n) is 12.4. The fourth-order valence-corrected chi connectivity index (χ4v) is 3.61. The molecule has 1 N–H and O–H groups in total. The number of nitrogens with one attached hydrogen (secondary N) is 1. The third-order valence-electron chi connectivity index (χ3n) is 5.25. The van der Waals surface area contributed by atoms with Crippen molar-refractivity contribution in [3.05, 3.63) is 0 Å². The van der Waals surface area contributed by atoms with Crippen LogP contribution in [-0.2, 0) is 9.59 Å². The van der Waals surface area contributed by atoms with Crippen LogP contribution in [0.3, 0.4) is 0 Å². The van der Waals surface area contributed by atoms with Crippen molar-refractivity contribution in [1.29, 1.82) is 0 Å². The number of likely N-dealkylation sites (tertiary alicyclic amines) is 1. The van der Waals surface area contributed by atoms with Crippen molar-refractivity contribution < 1.29 is 9.59 Å². The smallest absolute Gasteiger partial charge is 0.236 e. The van der Waals surface area contributed by atoms with E-state index in [2.05, 4.69) is 5.32 Å². The number of rotatable bonds is 4. The molecule has 1 heterocycles. The first kappa shape index (κ1) is 14.5. The molecule has 2 aliphatic rings. The summed E-state index contributed by atoms with van der Waals surface area (Å²) in [5.41, 5.74) is -0.406. The molecule has 0 aromatic rings. The maximum Gasteiger partial charge on any atom is 0.236 e. The van der Waals surface area contributed by atoms with Gasteiger partial charge in [-0.25, -0.2) is 0 Å².